The number of aryl methyl sites for hydroxylation is 1. The number of alkyl halides is 3. The first-order valence-electron chi connectivity index (χ1n) is 8.46. The van der Waals surface area contributed by atoms with Gasteiger partial charge in [-0.3, -0.25) is 9.59 Å². The molecule has 0 aliphatic carbocycles. The van der Waals surface area contributed by atoms with E-state index in [9.17, 15) is 22.8 Å². The summed E-state index contributed by atoms with van der Waals surface area (Å²) in [6.07, 6.45) is -4.49. The van der Waals surface area contributed by atoms with Crippen LogP contribution < -0.4 is 10.3 Å². The maximum atomic E-state index is 13.1. The van der Waals surface area contributed by atoms with Crippen molar-refractivity contribution in [3.8, 4) is 5.75 Å². The number of aromatic nitrogens is 1. The number of hydrogen-bond acceptors (Lipinski definition) is 3. The summed E-state index contributed by atoms with van der Waals surface area (Å²) in [7, 11) is 1.65. The van der Waals surface area contributed by atoms with E-state index in [2.05, 4.69) is 0 Å². The average molecular weight is 380 g/mol. The number of benzene rings is 1. The van der Waals surface area contributed by atoms with Gasteiger partial charge in [-0.2, -0.15) is 13.2 Å². The molecule has 1 aromatic carbocycles. The van der Waals surface area contributed by atoms with Gasteiger partial charge in [0.1, 0.15) is 11.9 Å². The van der Waals surface area contributed by atoms with Crippen molar-refractivity contribution < 1.29 is 22.7 Å². The Balaban J connectivity index is 1.73. The van der Waals surface area contributed by atoms with Crippen molar-refractivity contribution in [1.82, 2.24) is 9.47 Å². The fourth-order valence-electron chi connectivity index (χ4n) is 3.09. The van der Waals surface area contributed by atoms with Crippen molar-refractivity contribution in [3.05, 3.63) is 63.6 Å². The largest absolute Gasteiger partial charge is 0.488 e. The van der Waals surface area contributed by atoms with Gasteiger partial charge in [-0.1, -0.05) is 12.1 Å². The van der Waals surface area contributed by atoms with Gasteiger partial charge in [-0.25, -0.2) is 0 Å². The summed E-state index contributed by atoms with van der Waals surface area (Å²) >= 11 is 0. The molecule has 0 bridgehead atoms. The zero-order valence-electron chi connectivity index (χ0n) is 14.9. The normalized spacial score (nSPS) is 17.2. The van der Waals surface area contributed by atoms with E-state index in [0.717, 1.165) is 11.8 Å². The summed E-state index contributed by atoms with van der Waals surface area (Å²) in [4.78, 5) is 25.8. The van der Waals surface area contributed by atoms with Crippen LogP contribution in [0.5, 0.6) is 5.75 Å². The first-order valence-corrected chi connectivity index (χ1v) is 8.46. The van der Waals surface area contributed by atoms with Crippen LogP contribution in [0, 0.1) is 6.92 Å². The van der Waals surface area contributed by atoms with Crippen LogP contribution in [0.3, 0.4) is 0 Å². The molecule has 1 aliphatic heterocycles. The molecule has 2 heterocycles. The van der Waals surface area contributed by atoms with Crippen molar-refractivity contribution >= 4 is 5.91 Å². The summed E-state index contributed by atoms with van der Waals surface area (Å²) in [5, 5.41) is 0. The highest BCUT2D eigenvalue weighted by atomic mass is 19.4. The summed E-state index contributed by atoms with van der Waals surface area (Å²) in [5.74, 6) is -0.278. The van der Waals surface area contributed by atoms with Crippen LogP contribution in [0.25, 0.3) is 0 Å². The van der Waals surface area contributed by atoms with Crippen molar-refractivity contribution in [2.45, 2.75) is 25.6 Å². The lowest BCUT2D eigenvalue weighted by atomic mass is 10.1. The molecule has 2 aromatic rings. The van der Waals surface area contributed by atoms with E-state index in [-0.39, 0.29) is 23.8 Å². The first kappa shape index (κ1) is 19.0. The number of likely N-dealkylation sites (tertiary alicyclic amines) is 1. The monoisotopic (exact) mass is 380 g/mol. The van der Waals surface area contributed by atoms with Crippen LogP contribution in [0.15, 0.2) is 41.2 Å². The van der Waals surface area contributed by atoms with E-state index in [1.165, 1.54) is 33.7 Å². The highest BCUT2D eigenvalue weighted by molar-refractivity contribution is 5.96. The zero-order chi connectivity index (χ0) is 19.8. The summed E-state index contributed by atoms with van der Waals surface area (Å²) in [6, 6.07) is 7.83. The molecule has 1 unspecified atom stereocenters. The SMILES string of the molecule is Cc1cc(OC2CCN(C(=O)c3ccccc3C(F)(F)F)C2)cc(=O)n1C. The Morgan fingerprint density at radius 1 is 1.22 bits per heavy atom. The maximum absolute atomic E-state index is 13.1. The van der Waals surface area contributed by atoms with Crippen molar-refractivity contribution in [2.75, 3.05) is 13.1 Å². The molecule has 1 aliphatic rings. The molecule has 0 spiro atoms. The minimum Gasteiger partial charge on any atom is -0.488 e. The molecule has 144 valence electrons. The van der Waals surface area contributed by atoms with E-state index in [1.54, 1.807) is 20.0 Å². The molecule has 0 N–H and O–H groups in total. The third kappa shape index (κ3) is 3.99. The van der Waals surface area contributed by atoms with Crippen LogP contribution >= 0.6 is 0 Å². The smallest absolute Gasteiger partial charge is 0.417 e. The highest BCUT2D eigenvalue weighted by Gasteiger charge is 2.37. The maximum Gasteiger partial charge on any atom is 0.417 e. The van der Waals surface area contributed by atoms with Crippen LogP contribution in [0.2, 0.25) is 0 Å². The Kier molecular flexibility index (Phi) is 4.99. The van der Waals surface area contributed by atoms with Crippen LogP contribution in [-0.2, 0) is 13.2 Å². The molecular formula is C19H19F3N2O3. The highest BCUT2D eigenvalue weighted by Crippen LogP contribution is 2.33. The molecule has 8 heteroatoms. The molecule has 1 atom stereocenters. The van der Waals surface area contributed by atoms with Gasteiger partial charge in [0.25, 0.3) is 11.5 Å². The molecule has 3 rings (SSSR count). The number of ether oxygens (including phenoxy) is 1. The van der Waals surface area contributed by atoms with Crippen molar-refractivity contribution in [1.29, 1.82) is 0 Å². The predicted octanol–water partition coefficient (Wildman–Crippen LogP) is 3.01. The Labute approximate surface area is 154 Å². The second kappa shape index (κ2) is 7.09. The third-order valence-corrected chi connectivity index (χ3v) is 4.67. The van der Waals surface area contributed by atoms with Crippen LogP contribution in [0.1, 0.15) is 28.0 Å². The van der Waals surface area contributed by atoms with E-state index >= 15 is 0 Å². The molecule has 1 aromatic heterocycles. The van der Waals surface area contributed by atoms with Crippen molar-refractivity contribution in [3.63, 3.8) is 0 Å². The third-order valence-electron chi connectivity index (χ3n) is 4.67. The summed E-state index contributed by atoms with van der Waals surface area (Å²) < 4.78 is 46.7. The number of nitrogens with zero attached hydrogens (tertiary/aromatic N) is 2. The van der Waals surface area contributed by atoms with Gasteiger partial charge in [0.15, 0.2) is 0 Å². The minimum atomic E-state index is -4.59. The Hall–Kier alpha value is -2.77. The second-order valence-corrected chi connectivity index (χ2v) is 6.55. The number of hydrogen-bond donors (Lipinski definition) is 0. The topological polar surface area (TPSA) is 51.5 Å². The fourth-order valence-corrected chi connectivity index (χ4v) is 3.09. The van der Waals surface area contributed by atoms with Gasteiger partial charge in [-0.15, -0.1) is 0 Å². The van der Waals surface area contributed by atoms with E-state index in [4.69, 9.17) is 4.74 Å². The number of rotatable bonds is 3. The zero-order valence-corrected chi connectivity index (χ0v) is 14.9. The molecule has 1 amide bonds. The Morgan fingerprint density at radius 3 is 2.59 bits per heavy atom. The Bertz CT molecular complexity index is 921. The van der Waals surface area contributed by atoms with Gasteiger partial charge in [0.05, 0.1) is 17.7 Å². The molecule has 0 saturated carbocycles. The van der Waals surface area contributed by atoms with E-state index in [1.807, 2.05) is 0 Å². The molecule has 5 nitrogen and oxygen atoms in total. The quantitative estimate of drug-likeness (QED) is 0.823. The van der Waals surface area contributed by atoms with Gasteiger partial charge in [0.2, 0.25) is 0 Å². The van der Waals surface area contributed by atoms with Gasteiger partial charge in [-0.05, 0) is 25.1 Å². The predicted molar refractivity (Wildman–Crippen MR) is 92.8 cm³/mol. The molecule has 27 heavy (non-hydrogen) atoms. The molecule has 1 saturated heterocycles. The van der Waals surface area contributed by atoms with Gasteiger partial charge >= 0.3 is 6.18 Å². The van der Waals surface area contributed by atoms with Crippen LogP contribution in [-0.4, -0.2) is 34.6 Å². The number of amides is 1. The number of carbonyl (C=O) groups is 1. The lowest BCUT2D eigenvalue weighted by Crippen LogP contribution is -2.32. The molecular weight excluding hydrogens is 361 g/mol. The number of halogens is 3. The molecule has 1 fully saturated rings. The Morgan fingerprint density at radius 2 is 1.93 bits per heavy atom. The second-order valence-electron chi connectivity index (χ2n) is 6.55. The molecule has 0 radical (unpaired) electrons. The van der Waals surface area contributed by atoms with Gasteiger partial charge < -0.3 is 14.2 Å². The van der Waals surface area contributed by atoms with E-state index in [0.29, 0.717) is 18.7 Å². The number of pyridine rings is 1. The van der Waals surface area contributed by atoms with Gasteiger partial charge in [0, 0.05) is 31.8 Å². The van der Waals surface area contributed by atoms with E-state index < -0.39 is 17.6 Å². The number of carbonyl (C=O) groups excluding carboxylic acids is 1. The first-order chi connectivity index (χ1) is 12.7. The standard InChI is InChI=1S/C19H19F3N2O3/c1-12-9-14(10-17(25)23(12)2)27-13-7-8-24(11-13)18(26)15-5-3-4-6-16(15)19(20,21)22/h3-6,9-10,13H,7-8,11H2,1-2H3. The lowest BCUT2D eigenvalue weighted by molar-refractivity contribution is -0.138. The van der Waals surface area contributed by atoms with Crippen LogP contribution in [0.4, 0.5) is 13.2 Å². The fraction of sp³-hybridized carbons (Fsp3) is 0.368. The lowest BCUT2D eigenvalue weighted by Gasteiger charge is -2.20. The van der Waals surface area contributed by atoms with Crippen molar-refractivity contribution in [2.24, 2.45) is 7.05 Å². The minimum absolute atomic E-state index is 0.166. The summed E-state index contributed by atoms with van der Waals surface area (Å²) in [5.41, 5.74) is -0.797. The average Bonchev–Trinajstić information content (AvgIpc) is 3.06. The summed E-state index contributed by atoms with van der Waals surface area (Å²) in [6.45, 7) is 2.23.